The lowest BCUT2D eigenvalue weighted by Gasteiger charge is -2.16. The van der Waals surface area contributed by atoms with Gasteiger partial charge in [0.25, 0.3) is 5.91 Å². The molecule has 1 heterocycles. The van der Waals surface area contributed by atoms with E-state index in [2.05, 4.69) is 0 Å². The molecule has 0 saturated heterocycles. The maximum Gasteiger partial charge on any atom is 0.310 e. The van der Waals surface area contributed by atoms with Gasteiger partial charge in [-0.25, -0.2) is 0 Å². The van der Waals surface area contributed by atoms with Gasteiger partial charge in [0.2, 0.25) is 0 Å². The van der Waals surface area contributed by atoms with Gasteiger partial charge >= 0.3 is 5.97 Å². The van der Waals surface area contributed by atoms with E-state index in [9.17, 15) is 9.59 Å². The number of hydrogen-bond acceptors (Lipinski definition) is 6. The summed E-state index contributed by atoms with van der Waals surface area (Å²) in [4.78, 5) is 25.5. The second kappa shape index (κ2) is 9.08. The lowest BCUT2D eigenvalue weighted by molar-refractivity contribution is -0.151. The molecule has 0 bridgehead atoms. The second-order valence-corrected chi connectivity index (χ2v) is 6.19. The number of nitrogens with zero attached hydrogens (tertiary/aromatic N) is 1. The van der Waals surface area contributed by atoms with E-state index in [1.807, 2.05) is 16.8 Å². The summed E-state index contributed by atoms with van der Waals surface area (Å²) in [6.45, 7) is 0.225. The zero-order chi connectivity index (χ0) is 18.2. The Bertz CT molecular complexity index is 714. The van der Waals surface area contributed by atoms with Crippen LogP contribution in [0.3, 0.4) is 0 Å². The van der Waals surface area contributed by atoms with Gasteiger partial charge in [-0.3, -0.25) is 9.59 Å². The molecule has 0 radical (unpaired) electrons. The highest BCUT2D eigenvalue weighted by atomic mass is 32.1. The molecule has 0 aliphatic rings. The molecular weight excluding hydrogens is 342 g/mol. The van der Waals surface area contributed by atoms with Crippen molar-refractivity contribution in [1.82, 2.24) is 4.90 Å². The van der Waals surface area contributed by atoms with E-state index in [1.54, 1.807) is 43.7 Å². The van der Waals surface area contributed by atoms with Crippen molar-refractivity contribution in [1.29, 1.82) is 0 Å². The van der Waals surface area contributed by atoms with Crippen LogP contribution >= 0.6 is 11.3 Å². The number of rotatable bonds is 8. The van der Waals surface area contributed by atoms with E-state index in [0.717, 1.165) is 11.1 Å². The quantitative estimate of drug-likeness (QED) is 0.674. The molecule has 0 atom stereocenters. The van der Waals surface area contributed by atoms with Crippen LogP contribution in [0.5, 0.6) is 11.5 Å². The van der Waals surface area contributed by atoms with Crippen molar-refractivity contribution in [3.63, 3.8) is 0 Å². The van der Waals surface area contributed by atoms with E-state index in [-0.39, 0.29) is 18.9 Å². The first-order valence-corrected chi connectivity index (χ1v) is 8.59. The third-order valence-electron chi connectivity index (χ3n) is 3.58. The molecule has 2 aromatic rings. The number of ether oxygens (including phenoxy) is 3. The highest BCUT2D eigenvalue weighted by molar-refractivity contribution is 7.07. The first kappa shape index (κ1) is 18.8. The summed E-state index contributed by atoms with van der Waals surface area (Å²) in [5, 5.41) is 3.93. The van der Waals surface area contributed by atoms with Gasteiger partial charge in [-0.15, -0.1) is 0 Å². The van der Waals surface area contributed by atoms with Crippen LogP contribution in [0.15, 0.2) is 35.0 Å². The minimum Gasteiger partial charge on any atom is -0.493 e. The van der Waals surface area contributed by atoms with Gasteiger partial charge in [0, 0.05) is 13.6 Å². The smallest absolute Gasteiger partial charge is 0.310 e. The van der Waals surface area contributed by atoms with Crippen molar-refractivity contribution in [3.05, 3.63) is 46.2 Å². The summed E-state index contributed by atoms with van der Waals surface area (Å²) in [6.07, 6.45) is 0.0574. The summed E-state index contributed by atoms with van der Waals surface area (Å²) in [7, 11) is 4.76. The molecule has 0 unspecified atom stereocenters. The summed E-state index contributed by atoms with van der Waals surface area (Å²) in [6, 6.07) is 7.15. The van der Waals surface area contributed by atoms with Gasteiger partial charge in [-0.05, 0) is 40.1 Å². The van der Waals surface area contributed by atoms with Gasteiger partial charge in [0.15, 0.2) is 18.1 Å². The molecule has 0 aliphatic heterocycles. The Morgan fingerprint density at radius 1 is 1.08 bits per heavy atom. The molecule has 0 aliphatic carbocycles. The summed E-state index contributed by atoms with van der Waals surface area (Å²) >= 11 is 1.58. The molecule has 134 valence electrons. The topological polar surface area (TPSA) is 65.1 Å². The Morgan fingerprint density at radius 3 is 2.48 bits per heavy atom. The van der Waals surface area contributed by atoms with Crippen molar-refractivity contribution in [2.24, 2.45) is 0 Å². The summed E-state index contributed by atoms with van der Waals surface area (Å²) < 4.78 is 15.4. The van der Waals surface area contributed by atoms with Crippen molar-refractivity contribution in [3.8, 4) is 11.5 Å². The maximum atomic E-state index is 12.0. The van der Waals surface area contributed by atoms with Gasteiger partial charge in [-0.2, -0.15) is 11.3 Å². The Kier molecular flexibility index (Phi) is 6.82. The van der Waals surface area contributed by atoms with Gasteiger partial charge < -0.3 is 19.1 Å². The van der Waals surface area contributed by atoms with E-state index in [4.69, 9.17) is 14.2 Å². The first-order chi connectivity index (χ1) is 12.0. The van der Waals surface area contributed by atoms with Crippen LogP contribution in [0, 0.1) is 0 Å². The molecule has 1 amide bonds. The molecule has 0 N–H and O–H groups in total. The van der Waals surface area contributed by atoms with E-state index in [0.29, 0.717) is 18.0 Å². The van der Waals surface area contributed by atoms with Crippen LogP contribution in [0.25, 0.3) is 0 Å². The second-order valence-electron chi connectivity index (χ2n) is 5.41. The van der Waals surface area contributed by atoms with Gasteiger partial charge in [0.05, 0.1) is 20.6 Å². The predicted molar refractivity (Wildman–Crippen MR) is 95.0 cm³/mol. The lowest BCUT2D eigenvalue weighted by atomic mass is 10.1. The minimum atomic E-state index is -0.468. The van der Waals surface area contributed by atoms with E-state index < -0.39 is 5.97 Å². The summed E-state index contributed by atoms with van der Waals surface area (Å²) in [5.41, 5.74) is 1.78. The molecule has 0 fully saturated rings. The predicted octanol–water partition coefficient (Wildman–Crippen LogP) is 2.51. The molecular formula is C18H21NO5S. The fourth-order valence-corrected chi connectivity index (χ4v) is 2.87. The lowest BCUT2D eigenvalue weighted by Crippen LogP contribution is -2.30. The van der Waals surface area contributed by atoms with Crippen LogP contribution in [-0.4, -0.2) is 44.7 Å². The molecule has 0 spiro atoms. The number of methoxy groups -OCH3 is 2. The number of amides is 1. The third-order valence-corrected chi connectivity index (χ3v) is 4.31. The molecule has 25 heavy (non-hydrogen) atoms. The normalized spacial score (nSPS) is 10.2. The zero-order valence-corrected chi connectivity index (χ0v) is 15.3. The highest BCUT2D eigenvalue weighted by Crippen LogP contribution is 2.27. The zero-order valence-electron chi connectivity index (χ0n) is 14.5. The molecule has 0 saturated carbocycles. The van der Waals surface area contributed by atoms with E-state index in [1.165, 1.54) is 12.0 Å². The molecule has 2 rings (SSSR count). The number of hydrogen-bond donors (Lipinski definition) is 0. The van der Waals surface area contributed by atoms with Crippen LogP contribution < -0.4 is 9.47 Å². The van der Waals surface area contributed by atoms with Crippen LogP contribution in [0.4, 0.5) is 0 Å². The molecule has 1 aromatic heterocycles. The van der Waals surface area contributed by atoms with Gasteiger partial charge in [0.1, 0.15) is 0 Å². The fraction of sp³-hybridized carbons (Fsp3) is 0.333. The number of benzene rings is 1. The molecule has 7 heteroatoms. The van der Waals surface area contributed by atoms with Gasteiger partial charge in [-0.1, -0.05) is 6.07 Å². The maximum absolute atomic E-state index is 12.0. The number of likely N-dealkylation sites (N-methyl/N-ethyl adjacent to an activating group) is 1. The van der Waals surface area contributed by atoms with Crippen LogP contribution in [0.1, 0.15) is 11.1 Å². The van der Waals surface area contributed by atoms with Crippen molar-refractivity contribution >= 4 is 23.2 Å². The average molecular weight is 363 g/mol. The SMILES string of the molecule is COc1ccc(CC(=O)OCC(=O)N(C)Cc2ccsc2)cc1OC. The molecule has 1 aromatic carbocycles. The van der Waals surface area contributed by atoms with Crippen molar-refractivity contribution in [2.45, 2.75) is 13.0 Å². The monoisotopic (exact) mass is 363 g/mol. The fourth-order valence-electron chi connectivity index (χ4n) is 2.21. The van der Waals surface area contributed by atoms with Crippen LogP contribution in [-0.2, 0) is 27.3 Å². The Hall–Kier alpha value is -2.54. The summed E-state index contributed by atoms with van der Waals surface area (Å²) in [5.74, 6) is 0.417. The molecule has 6 nitrogen and oxygen atoms in total. The third kappa shape index (κ3) is 5.49. The first-order valence-electron chi connectivity index (χ1n) is 7.65. The Morgan fingerprint density at radius 2 is 1.84 bits per heavy atom. The standard InChI is InChI=1S/C18H21NO5S/c1-19(10-14-6-7-25-12-14)17(20)11-24-18(21)9-13-4-5-15(22-2)16(8-13)23-3/h4-8,12H,9-11H2,1-3H3. The van der Waals surface area contributed by atoms with Crippen molar-refractivity contribution < 1.29 is 23.8 Å². The number of carbonyl (C=O) groups excluding carboxylic acids is 2. The largest absolute Gasteiger partial charge is 0.493 e. The highest BCUT2D eigenvalue weighted by Gasteiger charge is 2.14. The Labute approximate surface area is 150 Å². The number of esters is 1. The average Bonchev–Trinajstić information content (AvgIpc) is 3.12. The van der Waals surface area contributed by atoms with Crippen molar-refractivity contribution in [2.75, 3.05) is 27.9 Å². The van der Waals surface area contributed by atoms with E-state index >= 15 is 0 Å². The minimum absolute atomic E-state index is 0.0574. The van der Waals surface area contributed by atoms with Crippen LogP contribution in [0.2, 0.25) is 0 Å². The number of carbonyl (C=O) groups is 2. The Balaban J connectivity index is 1.82. The number of thiophene rings is 1.